The molecule has 19 heavy (non-hydrogen) atoms. The Hall–Kier alpha value is -1.28. The van der Waals surface area contributed by atoms with Crippen molar-refractivity contribution < 1.29 is 4.74 Å². The summed E-state index contributed by atoms with van der Waals surface area (Å²) in [6, 6.07) is 14.6. The molecule has 0 aromatic heterocycles. The molecule has 0 aliphatic carbocycles. The smallest absolute Gasteiger partial charge is 0.130 e. The van der Waals surface area contributed by atoms with E-state index in [1.54, 1.807) is 0 Å². The number of hydrogen-bond acceptors (Lipinski definition) is 1. The lowest BCUT2D eigenvalue weighted by Gasteiger charge is -2.12. The molecular formula is C17H19BrO. The number of hydrogen-bond donors (Lipinski definition) is 0. The van der Waals surface area contributed by atoms with Crippen LogP contribution in [0.1, 0.15) is 36.5 Å². The van der Waals surface area contributed by atoms with Gasteiger partial charge in [0.15, 0.2) is 0 Å². The summed E-state index contributed by atoms with van der Waals surface area (Å²) < 4.78 is 5.98. The van der Waals surface area contributed by atoms with Gasteiger partial charge in [-0.25, -0.2) is 0 Å². The largest absolute Gasteiger partial charge is 0.457 e. The van der Waals surface area contributed by atoms with Gasteiger partial charge in [0, 0.05) is 5.33 Å². The zero-order valence-electron chi connectivity index (χ0n) is 11.6. The van der Waals surface area contributed by atoms with E-state index >= 15 is 0 Å². The number of aryl methyl sites for hydroxylation is 1. The van der Waals surface area contributed by atoms with Crippen molar-refractivity contribution in [2.75, 3.05) is 0 Å². The Labute approximate surface area is 123 Å². The van der Waals surface area contributed by atoms with Crippen molar-refractivity contribution in [1.29, 1.82) is 0 Å². The molecule has 0 aliphatic rings. The average molecular weight is 319 g/mol. The van der Waals surface area contributed by atoms with E-state index in [-0.39, 0.29) is 0 Å². The first-order valence-electron chi connectivity index (χ1n) is 6.53. The molecule has 1 nitrogen and oxygen atoms in total. The van der Waals surface area contributed by atoms with Gasteiger partial charge in [-0.2, -0.15) is 0 Å². The molecule has 2 aromatic carbocycles. The van der Waals surface area contributed by atoms with E-state index in [0.717, 1.165) is 22.4 Å². The van der Waals surface area contributed by atoms with Gasteiger partial charge in [0.05, 0.1) is 0 Å². The molecule has 0 radical (unpaired) electrons. The van der Waals surface area contributed by atoms with E-state index in [4.69, 9.17) is 4.74 Å². The molecule has 0 saturated heterocycles. The Morgan fingerprint density at radius 3 is 2.53 bits per heavy atom. The summed E-state index contributed by atoms with van der Waals surface area (Å²) >= 11 is 3.47. The predicted octanol–water partition coefficient (Wildman–Crippen LogP) is 5.81. The Morgan fingerprint density at radius 2 is 1.89 bits per heavy atom. The van der Waals surface area contributed by atoms with Crippen molar-refractivity contribution in [1.82, 2.24) is 0 Å². The maximum atomic E-state index is 5.98. The minimum absolute atomic E-state index is 0.514. The second-order valence-corrected chi connectivity index (χ2v) is 5.62. The lowest BCUT2D eigenvalue weighted by atomic mass is 10.0. The zero-order valence-corrected chi connectivity index (χ0v) is 13.2. The highest BCUT2D eigenvalue weighted by atomic mass is 79.9. The van der Waals surface area contributed by atoms with Crippen molar-refractivity contribution in [2.24, 2.45) is 0 Å². The first kappa shape index (κ1) is 14.1. The molecule has 2 rings (SSSR count). The van der Waals surface area contributed by atoms with Crippen LogP contribution in [0.4, 0.5) is 0 Å². The Morgan fingerprint density at radius 1 is 1.11 bits per heavy atom. The number of benzene rings is 2. The third-order valence-electron chi connectivity index (χ3n) is 3.15. The van der Waals surface area contributed by atoms with Crippen LogP contribution in [0.15, 0.2) is 42.5 Å². The fourth-order valence-corrected chi connectivity index (χ4v) is 2.32. The molecule has 0 atom stereocenters. The fraction of sp³-hybridized carbons (Fsp3) is 0.294. The van der Waals surface area contributed by atoms with Crippen molar-refractivity contribution in [3.05, 3.63) is 59.2 Å². The molecule has 0 N–H and O–H groups in total. The van der Waals surface area contributed by atoms with E-state index in [1.165, 1.54) is 11.1 Å². The molecule has 0 amide bonds. The van der Waals surface area contributed by atoms with Gasteiger partial charge >= 0.3 is 0 Å². The fourth-order valence-electron chi connectivity index (χ4n) is 1.97. The Balaban J connectivity index is 2.23. The van der Waals surface area contributed by atoms with E-state index in [2.05, 4.69) is 61.0 Å². The Kier molecular flexibility index (Phi) is 4.65. The predicted molar refractivity (Wildman–Crippen MR) is 84.4 cm³/mol. The molecule has 0 saturated carbocycles. The minimum atomic E-state index is 0.514. The van der Waals surface area contributed by atoms with Gasteiger partial charge in [0.1, 0.15) is 11.5 Å². The van der Waals surface area contributed by atoms with Gasteiger partial charge in [-0.3, -0.25) is 0 Å². The van der Waals surface area contributed by atoms with Crippen LogP contribution >= 0.6 is 15.9 Å². The number of halogens is 1. The minimum Gasteiger partial charge on any atom is -0.457 e. The number of rotatable bonds is 4. The van der Waals surface area contributed by atoms with Gasteiger partial charge in [-0.05, 0) is 47.7 Å². The van der Waals surface area contributed by atoms with Crippen LogP contribution in [0, 0.1) is 6.92 Å². The molecule has 0 spiro atoms. The second kappa shape index (κ2) is 6.25. The maximum absolute atomic E-state index is 5.98. The lowest BCUT2D eigenvalue weighted by Crippen LogP contribution is -1.91. The summed E-state index contributed by atoms with van der Waals surface area (Å²) in [5.41, 5.74) is 3.72. The summed E-state index contributed by atoms with van der Waals surface area (Å²) in [5.74, 6) is 2.34. The van der Waals surface area contributed by atoms with Crippen LogP contribution in [-0.2, 0) is 5.33 Å². The summed E-state index contributed by atoms with van der Waals surface area (Å²) in [7, 11) is 0. The van der Waals surface area contributed by atoms with Crippen LogP contribution < -0.4 is 4.74 Å². The van der Waals surface area contributed by atoms with Gasteiger partial charge in [0.25, 0.3) is 0 Å². The highest BCUT2D eigenvalue weighted by Gasteiger charge is 2.05. The van der Waals surface area contributed by atoms with Crippen LogP contribution in [0.2, 0.25) is 0 Å². The van der Waals surface area contributed by atoms with Crippen molar-refractivity contribution in [3.63, 3.8) is 0 Å². The Bertz CT molecular complexity index is 561. The maximum Gasteiger partial charge on any atom is 0.130 e. The summed E-state index contributed by atoms with van der Waals surface area (Å²) in [6.07, 6.45) is 0. The quantitative estimate of drug-likeness (QED) is 0.647. The molecule has 0 heterocycles. The molecule has 0 aliphatic heterocycles. The monoisotopic (exact) mass is 318 g/mol. The lowest BCUT2D eigenvalue weighted by molar-refractivity contribution is 0.477. The zero-order chi connectivity index (χ0) is 13.8. The van der Waals surface area contributed by atoms with Crippen molar-refractivity contribution >= 4 is 15.9 Å². The van der Waals surface area contributed by atoms with Gasteiger partial charge in [-0.1, -0.05) is 54.0 Å². The van der Waals surface area contributed by atoms with Crippen LogP contribution in [0.5, 0.6) is 11.5 Å². The molecule has 0 unspecified atom stereocenters. The topological polar surface area (TPSA) is 9.23 Å². The summed E-state index contributed by atoms with van der Waals surface area (Å²) in [6.45, 7) is 6.46. The molecule has 100 valence electrons. The first-order valence-corrected chi connectivity index (χ1v) is 7.65. The number of alkyl halides is 1. The van der Waals surface area contributed by atoms with Gasteiger partial charge < -0.3 is 4.74 Å². The summed E-state index contributed by atoms with van der Waals surface area (Å²) in [4.78, 5) is 0. The molecule has 2 heteroatoms. The number of ether oxygens (including phenoxy) is 1. The van der Waals surface area contributed by atoms with Crippen LogP contribution in [0.25, 0.3) is 0 Å². The first-order chi connectivity index (χ1) is 9.10. The van der Waals surface area contributed by atoms with Crippen LogP contribution in [-0.4, -0.2) is 0 Å². The highest BCUT2D eigenvalue weighted by molar-refractivity contribution is 9.08. The third kappa shape index (κ3) is 3.60. The van der Waals surface area contributed by atoms with E-state index < -0.39 is 0 Å². The molecule has 0 bridgehead atoms. The van der Waals surface area contributed by atoms with Crippen molar-refractivity contribution in [3.8, 4) is 11.5 Å². The third-order valence-corrected chi connectivity index (χ3v) is 3.79. The molecular weight excluding hydrogens is 300 g/mol. The van der Waals surface area contributed by atoms with Crippen molar-refractivity contribution in [2.45, 2.75) is 32.0 Å². The highest BCUT2D eigenvalue weighted by Crippen LogP contribution is 2.28. The summed E-state index contributed by atoms with van der Waals surface area (Å²) in [5, 5.41) is 0.872. The van der Waals surface area contributed by atoms with Gasteiger partial charge in [0.2, 0.25) is 0 Å². The normalized spacial score (nSPS) is 10.8. The standard InChI is InChI=1S/C17H19BrO/c1-12(2)15-5-4-6-16(10-15)19-17-8-7-14(11-18)9-13(17)3/h4-10,12H,11H2,1-3H3. The van der Waals surface area contributed by atoms with E-state index in [9.17, 15) is 0 Å². The van der Waals surface area contributed by atoms with Crippen LogP contribution in [0.3, 0.4) is 0 Å². The molecule has 2 aromatic rings. The SMILES string of the molecule is Cc1cc(CBr)ccc1Oc1cccc(C(C)C)c1. The van der Waals surface area contributed by atoms with E-state index in [0.29, 0.717) is 5.92 Å². The second-order valence-electron chi connectivity index (χ2n) is 5.06. The average Bonchev–Trinajstić information content (AvgIpc) is 2.41. The van der Waals surface area contributed by atoms with Gasteiger partial charge in [-0.15, -0.1) is 0 Å². The van der Waals surface area contributed by atoms with E-state index in [1.807, 2.05) is 18.2 Å². The molecule has 0 fully saturated rings.